The number of hydrogen-bond donors (Lipinski definition) is 1. The second-order valence-corrected chi connectivity index (χ2v) is 10.0. The van der Waals surface area contributed by atoms with Crippen LogP contribution in [-0.2, 0) is 16.6 Å². The standard InChI is InChI=1S/C22H23N5O3S2/c1-17-9-11-20(12-10-17)32(28,29)24-21(18-6-3-2-4-7-18)13-15-31-22-23-25-26-27(22)16-19-8-5-14-30-19/h2-12,14,21,24H,13,15-16H2,1H3. The lowest BCUT2D eigenvalue weighted by atomic mass is 10.1. The van der Waals surface area contributed by atoms with Gasteiger partial charge in [0, 0.05) is 11.8 Å². The highest BCUT2D eigenvalue weighted by atomic mass is 32.2. The molecule has 32 heavy (non-hydrogen) atoms. The Morgan fingerprint density at radius 1 is 1.06 bits per heavy atom. The average Bonchev–Trinajstić information content (AvgIpc) is 3.47. The van der Waals surface area contributed by atoms with Gasteiger partial charge in [-0.2, -0.15) is 0 Å². The van der Waals surface area contributed by atoms with Crippen molar-refractivity contribution in [2.45, 2.75) is 36.0 Å². The number of benzene rings is 2. The Morgan fingerprint density at radius 2 is 1.84 bits per heavy atom. The van der Waals surface area contributed by atoms with Gasteiger partial charge < -0.3 is 4.42 Å². The van der Waals surface area contributed by atoms with Crippen molar-refractivity contribution in [3.05, 3.63) is 89.9 Å². The zero-order valence-electron chi connectivity index (χ0n) is 17.5. The predicted octanol–water partition coefficient (Wildman–Crippen LogP) is 3.82. The zero-order chi connectivity index (χ0) is 22.4. The van der Waals surface area contributed by atoms with Gasteiger partial charge >= 0.3 is 0 Å². The van der Waals surface area contributed by atoms with E-state index in [2.05, 4.69) is 20.2 Å². The van der Waals surface area contributed by atoms with Crippen LogP contribution in [-0.4, -0.2) is 34.4 Å². The van der Waals surface area contributed by atoms with Gasteiger partial charge in [0.05, 0.1) is 11.2 Å². The van der Waals surface area contributed by atoms with Crippen LogP contribution in [0, 0.1) is 6.92 Å². The van der Waals surface area contributed by atoms with Crippen LogP contribution in [0.25, 0.3) is 0 Å². The van der Waals surface area contributed by atoms with Crippen LogP contribution in [0.5, 0.6) is 0 Å². The van der Waals surface area contributed by atoms with Gasteiger partial charge in [-0.3, -0.25) is 0 Å². The van der Waals surface area contributed by atoms with Crippen LogP contribution in [0.15, 0.2) is 87.5 Å². The largest absolute Gasteiger partial charge is 0.467 e. The van der Waals surface area contributed by atoms with E-state index in [4.69, 9.17) is 4.42 Å². The molecule has 4 rings (SSSR count). The average molecular weight is 470 g/mol. The molecule has 0 aliphatic carbocycles. The van der Waals surface area contributed by atoms with E-state index in [1.54, 1.807) is 35.2 Å². The first-order valence-corrected chi connectivity index (χ1v) is 12.5. The Labute approximate surface area is 191 Å². The number of thioether (sulfide) groups is 1. The van der Waals surface area contributed by atoms with E-state index in [1.165, 1.54) is 11.8 Å². The van der Waals surface area contributed by atoms with Crippen LogP contribution in [0.1, 0.15) is 29.3 Å². The van der Waals surface area contributed by atoms with Gasteiger partial charge in [-0.1, -0.05) is 59.8 Å². The summed E-state index contributed by atoms with van der Waals surface area (Å²) in [4.78, 5) is 0.249. The number of nitrogens with zero attached hydrogens (tertiary/aromatic N) is 4. The molecule has 1 unspecified atom stereocenters. The SMILES string of the molecule is Cc1ccc(S(=O)(=O)NC(CCSc2nnnn2Cc2ccco2)c2ccccc2)cc1. The number of tetrazole rings is 1. The van der Waals surface area contributed by atoms with Crippen LogP contribution in [0.3, 0.4) is 0 Å². The molecule has 0 aliphatic heterocycles. The highest BCUT2D eigenvalue weighted by molar-refractivity contribution is 7.99. The first-order chi connectivity index (χ1) is 15.5. The van der Waals surface area contributed by atoms with Gasteiger partial charge in [0.2, 0.25) is 15.2 Å². The maximum absolute atomic E-state index is 13.0. The van der Waals surface area contributed by atoms with E-state index >= 15 is 0 Å². The highest BCUT2D eigenvalue weighted by Crippen LogP contribution is 2.25. The van der Waals surface area contributed by atoms with Crippen molar-refractivity contribution < 1.29 is 12.8 Å². The van der Waals surface area contributed by atoms with Gasteiger partial charge in [-0.25, -0.2) is 17.8 Å². The summed E-state index contributed by atoms with van der Waals surface area (Å²) in [6, 6.07) is 19.7. The molecule has 10 heteroatoms. The minimum Gasteiger partial charge on any atom is -0.467 e. The molecule has 2 aromatic heterocycles. The molecular formula is C22H23N5O3S2. The summed E-state index contributed by atoms with van der Waals surface area (Å²) in [5.41, 5.74) is 1.91. The summed E-state index contributed by atoms with van der Waals surface area (Å²) < 4.78 is 35.9. The minimum atomic E-state index is -3.67. The maximum Gasteiger partial charge on any atom is 0.241 e. The summed E-state index contributed by atoms with van der Waals surface area (Å²) in [5, 5.41) is 12.5. The molecule has 0 aliphatic rings. The third-order valence-electron chi connectivity index (χ3n) is 4.85. The Hall–Kier alpha value is -2.95. The molecule has 0 amide bonds. The Kier molecular flexibility index (Phi) is 7.03. The summed E-state index contributed by atoms with van der Waals surface area (Å²) in [7, 11) is -3.67. The third kappa shape index (κ3) is 5.64. The van der Waals surface area contributed by atoms with Crippen molar-refractivity contribution in [3.8, 4) is 0 Å². The fourth-order valence-electron chi connectivity index (χ4n) is 3.17. The molecule has 1 atom stereocenters. The van der Waals surface area contributed by atoms with Gasteiger partial charge in [-0.05, 0) is 53.6 Å². The molecule has 0 radical (unpaired) electrons. The highest BCUT2D eigenvalue weighted by Gasteiger charge is 2.22. The lowest BCUT2D eigenvalue weighted by Crippen LogP contribution is -2.29. The number of aromatic nitrogens is 4. The lowest BCUT2D eigenvalue weighted by molar-refractivity contribution is 0.462. The number of furan rings is 1. The quantitative estimate of drug-likeness (QED) is 0.352. The zero-order valence-corrected chi connectivity index (χ0v) is 19.1. The fourth-order valence-corrected chi connectivity index (χ4v) is 5.31. The van der Waals surface area contributed by atoms with Gasteiger partial charge in [0.15, 0.2) is 0 Å². The van der Waals surface area contributed by atoms with E-state index in [0.29, 0.717) is 23.9 Å². The number of sulfonamides is 1. The molecule has 0 spiro atoms. The second kappa shape index (κ2) is 10.1. The van der Waals surface area contributed by atoms with Gasteiger partial charge in [0.25, 0.3) is 0 Å². The Balaban J connectivity index is 1.45. The van der Waals surface area contributed by atoms with Crippen LogP contribution < -0.4 is 4.72 Å². The van der Waals surface area contributed by atoms with E-state index < -0.39 is 10.0 Å². The van der Waals surface area contributed by atoms with Crippen molar-refractivity contribution in [3.63, 3.8) is 0 Å². The molecule has 0 saturated carbocycles. The first kappa shape index (κ1) is 22.3. The molecule has 0 bridgehead atoms. The van der Waals surface area contributed by atoms with Crippen molar-refractivity contribution in [1.82, 2.24) is 24.9 Å². The van der Waals surface area contributed by atoms with E-state index in [9.17, 15) is 8.42 Å². The molecule has 166 valence electrons. The van der Waals surface area contributed by atoms with Gasteiger partial charge in [0.1, 0.15) is 12.3 Å². The van der Waals surface area contributed by atoms with E-state index in [1.807, 2.05) is 49.4 Å². The van der Waals surface area contributed by atoms with Crippen molar-refractivity contribution in [1.29, 1.82) is 0 Å². The van der Waals surface area contributed by atoms with Crippen LogP contribution in [0.4, 0.5) is 0 Å². The molecule has 0 fully saturated rings. The Bertz CT molecular complexity index is 1220. The first-order valence-electron chi connectivity index (χ1n) is 10.1. The predicted molar refractivity (Wildman–Crippen MR) is 122 cm³/mol. The van der Waals surface area contributed by atoms with Crippen molar-refractivity contribution in [2.24, 2.45) is 0 Å². The number of hydrogen-bond acceptors (Lipinski definition) is 7. The lowest BCUT2D eigenvalue weighted by Gasteiger charge is -2.19. The molecule has 4 aromatic rings. The minimum absolute atomic E-state index is 0.249. The summed E-state index contributed by atoms with van der Waals surface area (Å²) >= 11 is 1.47. The normalized spacial score (nSPS) is 12.7. The maximum atomic E-state index is 13.0. The fraction of sp³-hybridized carbons (Fsp3) is 0.227. The molecule has 0 saturated heterocycles. The molecule has 1 N–H and O–H groups in total. The molecule has 8 nitrogen and oxygen atoms in total. The van der Waals surface area contributed by atoms with Crippen molar-refractivity contribution >= 4 is 21.8 Å². The summed E-state index contributed by atoms with van der Waals surface area (Å²) in [5.74, 6) is 1.38. The van der Waals surface area contributed by atoms with Crippen LogP contribution >= 0.6 is 11.8 Å². The third-order valence-corrected chi connectivity index (χ3v) is 7.33. The number of nitrogens with one attached hydrogen (secondary N) is 1. The molecule has 2 aromatic carbocycles. The second-order valence-electron chi connectivity index (χ2n) is 7.23. The number of rotatable bonds is 10. The monoisotopic (exact) mass is 469 g/mol. The summed E-state index contributed by atoms with van der Waals surface area (Å²) in [6.07, 6.45) is 2.17. The van der Waals surface area contributed by atoms with E-state index in [-0.39, 0.29) is 10.9 Å². The van der Waals surface area contributed by atoms with Gasteiger partial charge in [-0.15, -0.1) is 5.10 Å². The number of aryl methyl sites for hydroxylation is 1. The van der Waals surface area contributed by atoms with Crippen LogP contribution in [0.2, 0.25) is 0 Å². The topological polar surface area (TPSA) is 103 Å². The molecular weight excluding hydrogens is 446 g/mol. The molecule has 2 heterocycles. The van der Waals surface area contributed by atoms with Crippen molar-refractivity contribution in [2.75, 3.05) is 5.75 Å². The Morgan fingerprint density at radius 3 is 2.56 bits per heavy atom. The van der Waals surface area contributed by atoms with E-state index in [0.717, 1.165) is 16.9 Å². The smallest absolute Gasteiger partial charge is 0.241 e. The summed E-state index contributed by atoms with van der Waals surface area (Å²) in [6.45, 7) is 2.36.